The molecule has 0 fully saturated rings. The Kier molecular flexibility index (Phi) is 4.28. The van der Waals surface area contributed by atoms with Crippen molar-refractivity contribution in [1.29, 1.82) is 0 Å². The largest absolute Gasteiger partial charge is 0.382 e. The normalized spacial score (nSPS) is 17.1. The third-order valence-electron chi connectivity index (χ3n) is 4.39. The van der Waals surface area contributed by atoms with Crippen molar-refractivity contribution in [2.24, 2.45) is 0 Å². The minimum Gasteiger partial charge on any atom is -0.382 e. The molecule has 1 nitrogen and oxygen atoms in total. The minimum absolute atomic E-state index is 0.606. The third kappa shape index (κ3) is 3.47. The van der Waals surface area contributed by atoms with Crippen LogP contribution in [0.25, 0.3) is 0 Å². The van der Waals surface area contributed by atoms with Crippen LogP contribution in [-0.2, 0) is 19.3 Å². The average molecular weight is 279 g/mol. The Hall–Kier alpha value is -1.76. The molecular weight excluding hydrogens is 254 g/mol. The second-order valence-electron chi connectivity index (χ2n) is 6.32. The minimum atomic E-state index is 0.606. The Morgan fingerprint density at radius 3 is 2.48 bits per heavy atom. The molecule has 1 aliphatic heterocycles. The highest BCUT2D eigenvalue weighted by Crippen LogP contribution is 2.26. The second-order valence-corrected chi connectivity index (χ2v) is 6.32. The predicted molar refractivity (Wildman–Crippen MR) is 91.1 cm³/mol. The van der Waals surface area contributed by atoms with E-state index in [-0.39, 0.29) is 0 Å². The SMILES string of the molecule is CCCc1ccc(Cc2ccc3c(c2)CCC(C)N3)cc1. The van der Waals surface area contributed by atoms with Gasteiger partial charge in [-0.05, 0) is 60.9 Å². The fourth-order valence-corrected chi connectivity index (χ4v) is 3.16. The maximum atomic E-state index is 3.57. The monoisotopic (exact) mass is 279 g/mol. The van der Waals surface area contributed by atoms with E-state index in [1.54, 1.807) is 0 Å². The third-order valence-corrected chi connectivity index (χ3v) is 4.39. The van der Waals surface area contributed by atoms with E-state index in [1.807, 2.05) is 0 Å². The molecule has 0 amide bonds. The lowest BCUT2D eigenvalue weighted by Crippen LogP contribution is -2.21. The zero-order chi connectivity index (χ0) is 14.7. The van der Waals surface area contributed by atoms with Gasteiger partial charge < -0.3 is 5.32 Å². The summed E-state index contributed by atoms with van der Waals surface area (Å²) in [5.41, 5.74) is 7.09. The number of nitrogens with one attached hydrogen (secondary N) is 1. The lowest BCUT2D eigenvalue weighted by molar-refractivity contribution is 0.680. The summed E-state index contributed by atoms with van der Waals surface area (Å²) >= 11 is 0. The van der Waals surface area contributed by atoms with Crippen molar-refractivity contribution < 1.29 is 0 Å². The summed E-state index contributed by atoms with van der Waals surface area (Å²) in [4.78, 5) is 0. The first kappa shape index (κ1) is 14.2. The summed E-state index contributed by atoms with van der Waals surface area (Å²) < 4.78 is 0. The molecule has 0 aromatic heterocycles. The molecule has 0 radical (unpaired) electrons. The molecule has 2 aromatic rings. The van der Waals surface area contributed by atoms with Crippen LogP contribution < -0.4 is 5.32 Å². The summed E-state index contributed by atoms with van der Waals surface area (Å²) in [6.07, 6.45) is 5.88. The topological polar surface area (TPSA) is 12.0 Å². The fourth-order valence-electron chi connectivity index (χ4n) is 3.16. The summed E-state index contributed by atoms with van der Waals surface area (Å²) in [7, 11) is 0. The molecule has 0 bridgehead atoms. The Bertz CT molecular complexity index is 598. The lowest BCUT2D eigenvalue weighted by atomic mass is 9.94. The van der Waals surface area contributed by atoms with Crippen LogP contribution in [0.15, 0.2) is 42.5 Å². The molecule has 1 heterocycles. The van der Waals surface area contributed by atoms with Crippen LogP contribution in [0, 0.1) is 0 Å². The molecule has 1 heteroatoms. The molecule has 1 atom stereocenters. The van der Waals surface area contributed by atoms with Crippen LogP contribution in [0.3, 0.4) is 0 Å². The van der Waals surface area contributed by atoms with E-state index >= 15 is 0 Å². The van der Waals surface area contributed by atoms with Crippen LogP contribution in [-0.4, -0.2) is 6.04 Å². The van der Waals surface area contributed by atoms with E-state index in [0.717, 1.165) is 6.42 Å². The summed E-state index contributed by atoms with van der Waals surface area (Å²) in [6, 6.07) is 16.6. The highest BCUT2D eigenvalue weighted by atomic mass is 14.9. The summed E-state index contributed by atoms with van der Waals surface area (Å²) in [5.74, 6) is 0. The molecule has 1 N–H and O–H groups in total. The Balaban J connectivity index is 1.73. The molecule has 110 valence electrons. The van der Waals surface area contributed by atoms with Crippen molar-refractivity contribution in [2.75, 3.05) is 5.32 Å². The van der Waals surface area contributed by atoms with E-state index in [9.17, 15) is 0 Å². The van der Waals surface area contributed by atoms with Crippen LogP contribution in [0.5, 0.6) is 0 Å². The number of hydrogen-bond acceptors (Lipinski definition) is 1. The van der Waals surface area contributed by atoms with Crippen molar-refractivity contribution in [3.05, 3.63) is 64.7 Å². The van der Waals surface area contributed by atoms with Gasteiger partial charge in [0.2, 0.25) is 0 Å². The first-order valence-corrected chi connectivity index (χ1v) is 8.20. The van der Waals surface area contributed by atoms with Crippen LogP contribution >= 0.6 is 0 Å². The fraction of sp³-hybridized carbons (Fsp3) is 0.400. The van der Waals surface area contributed by atoms with Gasteiger partial charge in [-0.25, -0.2) is 0 Å². The summed E-state index contributed by atoms with van der Waals surface area (Å²) in [5, 5.41) is 3.57. The molecule has 1 unspecified atom stereocenters. The van der Waals surface area contributed by atoms with Crippen LogP contribution in [0.2, 0.25) is 0 Å². The molecule has 21 heavy (non-hydrogen) atoms. The van der Waals surface area contributed by atoms with Gasteiger partial charge in [-0.1, -0.05) is 49.7 Å². The Labute approximate surface area is 128 Å². The standard InChI is InChI=1S/C20H25N/c1-3-4-16-6-8-17(9-7-16)13-18-10-12-20-19(14-18)11-5-15(2)21-20/h6-10,12,14-15,21H,3-5,11,13H2,1-2H3. The second kappa shape index (κ2) is 6.34. The predicted octanol–water partition coefficient (Wildman–Crippen LogP) is 4.98. The van der Waals surface area contributed by atoms with Gasteiger partial charge in [0.1, 0.15) is 0 Å². The number of hydrogen-bond donors (Lipinski definition) is 1. The zero-order valence-electron chi connectivity index (χ0n) is 13.2. The van der Waals surface area contributed by atoms with Crippen molar-refractivity contribution in [3.63, 3.8) is 0 Å². The Morgan fingerprint density at radius 2 is 1.71 bits per heavy atom. The van der Waals surface area contributed by atoms with E-state index in [0.29, 0.717) is 6.04 Å². The lowest BCUT2D eigenvalue weighted by Gasteiger charge is -2.24. The smallest absolute Gasteiger partial charge is 0.0374 e. The van der Waals surface area contributed by atoms with Crippen LogP contribution in [0.4, 0.5) is 5.69 Å². The van der Waals surface area contributed by atoms with Crippen molar-refractivity contribution >= 4 is 5.69 Å². The Morgan fingerprint density at radius 1 is 1.00 bits per heavy atom. The molecule has 1 aliphatic rings. The van der Waals surface area contributed by atoms with E-state index in [4.69, 9.17) is 0 Å². The van der Waals surface area contributed by atoms with Gasteiger partial charge in [0.05, 0.1) is 0 Å². The first-order chi connectivity index (χ1) is 10.2. The molecule has 0 saturated heterocycles. The highest BCUT2D eigenvalue weighted by molar-refractivity contribution is 5.55. The molecule has 0 spiro atoms. The first-order valence-electron chi connectivity index (χ1n) is 8.20. The molecule has 0 aliphatic carbocycles. The maximum Gasteiger partial charge on any atom is 0.0374 e. The van der Waals surface area contributed by atoms with Gasteiger partial charge in [0, 0.05) is 11.7 Å². The van der Waals surface area contributed by atoms with Crippen molar-refractivity contribution in [3.8, 4) is 0 Å². The maximum absolute atomic E-state index is 3.57. The van der Waals surface area contributed by atoms with Gasteiger partial charge in [-0.15, -0.1) is 0 Å². The molecule has 2 aromatic carbocycles. The van der Waals surface area contributed by atoms with Gasteiger partial charge >= 0.3 is 0 Å². The highest BCUT2D eigenvalue weighted by Gasteiger charge is 2.13. The van der Waals surface area contributed by atoms with Crippen molar-refractivity contribution in [1.82, 2.24) is 0 Å². The zero-order valence-corrected chi connectivity index (χ0v) is 13.2. The van der Waals surface area contributed by atoms with Crippen LogP contribution in [0.1, 0.15) is 48.9 Å². The van der Waals surface area contributed by atoms with Gasteiger partial charge in [0.15, 0.2) is 0 Å². The van der Waals surface area contributed by atoms with Gasteiger partial charge in [0.25, 0.3) is 0 Å². The van der Waals surface area contributed by atoms with E-state index in [2.05, 4.69) is 61.6 Å². The van der Waals surface area contributed by atoms with Gasteiger partial charge in [-0.2, -0.15) is 0 Å². The van der Waals surface area contributed by atoms with E-state index < -0.39 is 0 Å². The molecule has 0 saturated carbocycles. The van der Waals surface area contributed by atoms with Crippen molar-refractivity contribution in [2.45, 2.75) is 52.0 Å². The summed E-state index contributed by atoms with van der Waals surface area (Å²) in [6.45, 7) is 4.49. The number of rotatable bonds is 4. The molecule has 3 rings (SSSR count). The van der Waals surface area contributed by atoms with Gasteiger partial charge in [-0.3, -0.25) is 0 Å². The molecular formula is C20H25N. The number of benzene rings is 2. The number of fused-ring (bicyclic) bond motifs is 1. The average Bonchev–Trinajstić information content (AvgIpc) is 2.50. The quantitative estimate of drug-likeness (QED) is 0.832. The number of aryl methyl sites for hydroxylation is 2. The van der Waals surface area contributed by atoms with E-state index in [1.165, 1.54) is 53.6 Å². The number of anilines is 1.